The van der Waals surface area contributed by atoms with Crippen molar-refractivity contribution in [2.24, 2.45) is 29.4 Å². The molecule has 1 aromatic carbocycles. The molecule has 0 heterocycles. The molecule has 176 valence electrons. The van der Waals surface area contributed by atoms with Gasteiger partial charge in [-0.25, -0.2) is 4.79 Å². The fourth-order valence-corrected chi connectivity index (χ4v) is 6.02. The van der Waals surface area contributed by atoms with E-state index in [2.05, 4.69) is 0 Å². The predicted octanol–water partition coefficient (Wildman–Crippen LogP) is -1.64. The minimum Gasteiger partial charge on any atom is -0.507 e. The van der Waals surface area contributed by atoms with Gasteiger partial charge >= 0.3 is 5.97 Å². The molecule has 0 bridgehead atoms. The third-order valence-electron chi connectivity index (χ3n) is 7.40. The molecule has 0 saturated heterocycles. The second-order valence-corrected chi connectivity index (χ2v) is 9.26. The number of hydrogen-bond donors (Lipinski definition) is 5. The first kappa shape index (κ1) is 23.0. The van der Waals surface area contributed by atoms with Gasteiger partial charge in [-0.3, -0.25) is 19.2 Å². The van der Waals surface area contributed by atoms with E-state index in [1.807, 2.05) is 0 Å². The van der Waals surface area contributed by atoms with E-state index in [9.17, 15) is 44.4 Å². The monoisotopic (exact) mass is 460 g/mol. The number of carboxylic acids is 1. The van der Waals surface area contributed by atoms with Crippen LogP contribution in [0.2, 0.25) is 0 Å². The molecule has 4 unspecified atom stereocenters. The number of aromatic hydroxyl groups is 1. The van der Waals surface area contributed by atoms with Gasteiger partial charge < -0.3 is 31.1 Å². The average Bonchev–Trinajstić information content (AvgIpc) is 2.70. The number of aliphatic hydroxyl groups is 2. The number of amides is 1. The average molecular weight is 460 g/mol. The Bertz CT molecular complexity index is 1110. The number of rotatable bonds is 3. The first-order valence-corrected chi connectivity index (χ1v) is 10.4. The maximum Gasteiger partial charge on any atom is 0.335 e. The standard InChI is InChI=1S/C22H24N2O9/c1-24(2)15-10-6-7-5-9-8(21(31)32)3-4-11(25)13(9)16(26)12(7)18(28)22(10,33)19(29)14(17(15)27)20(23)30/h3-4,7,10,12,14-15,17,25,27,33H,5-6H2,1-2H3,(H2,23,30)(H,31,32)/t7-,10-,12?,14?,15?,17?,22-/m1/s1. The molecule has 1 amide bonds. The van der Waals surface area contributed by atoms with Gasteiger partial charge in [-0.05, 0) is 50.6 Å². The first-order valence-electron chi connectivity index (χ1n) is 10.4. The largest absolute Gasteiger partial charge is 0.507 e. The number of fused-ring (bicyclic) bond motifs is 3. The highest BCUT2D eigenvalue weighted by atomic mass is 16.4. The third kappa shape index (κ3) is 2.96. The Balaban J connectivity index is 1.89. The van der Waals surface area contributed by atoms with Gasteiger partial charge in [0.25, 0.3) is 0 Å². The van der Waals surface area contributed by atoms with Gasteiger partial charge in [0.05, 0.1) is 23.1 Å². The van der Waals surface area contributed by atoms with Crippen LogP contribution in [-0.4, -0.2) is 86.4 Å². The van der Waals surface area contributed by atoms with E-state index >= 15 is 0 Å². The minimum absolute atomic E-state index is 0.0657. The molecular weight excluding hydrogens is 436 g/mol. The van der Waals surface area contributed by atoms with Crippen LogP contribution in [0.5, 0.6) is 5.75 Å². The van der Waals surface area contributed by atoms with Gasteiger partial charge in [0.15, 0.2) is 23.0 Å². The van der Waals surface area contributed by atoms with Crippen LogP contribution in [0.3, 0.4) is 0 Å². The number of aromatic carboxylic acids is 1. The number of likely N-dealkylation sites (N-methyl/N-ethyl adjacent to an activating group) is 1. The second kappa shape index (κ2) is 7.44. The first-order chi connectivity index (χ1) is 15.3. The molecule has 7 atom stereocenters. The van der Waals surface area contributed by atoms with E-state index in [1.54, 1.807) is 14.1 Å². The number of phenols is 1. The van der Waals surface area contributed by atoms with Crippen molar-refractivity contribution in [3.8, 4) is 5.75 Å². The predicted molar refractivity (Wildman–Crippen MR) is 109 cm³/mol. The Hall–Kier alpha value is -3.15. The maximum atomic E-state index is 13.6. The zero-order valence-electron chi connectivity index (χ0n) is 17.9. The van der Waals surface area contributed by atoms with Crippen molar-refractivity contribution < 1.29 is 44.4 Å². The van der Waals surface area contributed by atoms with E-state index in [0.29, 0.717) is 0 Å². The van der Waals surface area contributed by atoms with Crippen molar-refractivity contribution in [2.75, 3.05) is 14.1 Å². The van der Waals surface area contributed by atoms with Crippen molar-refractivity contribution in [1.29, 1.82) is 0 Å². The number of aliphatic hydroxyl groups excluding tert-OH is 1. The molecular formula is C22H24N2O9. The smallest absolute Gasteiger partial charge is 0.335 e. The molecule has 33 heavy (non-hydrogen) atoms. The number of Topliss-reactive ketones (excluding diaryl/α,β-unsaturated/α-hetero) is 3. The highest BCUT2D eigenvalue weighted by Crippen LogP contribution is 2.51. The van der Waals surface area contributed by atoms with Crippen molar-refractivity contribution in [1.82, 2.24) is 4.90 Å². The Labute approximate surface area is 187 Å². The second-order valence-electron chi connectivity index (χ2n) is 9.26. The zero-order valence-corrected chi connectivity index (χ0v) is 17.9. The lowest BCUT2D eigenvalue weighted by molar-refractivity contribution is -0.190. The van der Waals surface area contributed by atoms with E-state index in [-0.39, 0.29) is 29.5 Å². The fourth-order valence-electron chi connectivity index (χ4n) is 6.02. The summed E-state index contributed by atoms with van der Waals surface area (Å²) >= 11 is 0. The minimum atomic E-state index is -2.75. The number of nitrogens with two attached hydrogens (primary N) is 1. The number of benzene rings is 1. The zero-order chi connectivity index (χ0) is 24.6. The van der Waals surface area contributed by atoms with Crippen molar-refractivity contribution in [3.05, 3.63) is 28.8 Å². The number of primary amides is 1. The summed E-state index contributed by atoms with van der Waals surface area (Å²) < 4.78 is 0. The van der Waals surface area contributed by atoms with Crippen LogP contribution < -0.4 is 5.73 Å². The van der Waals surface area contributed by atoms with Gasteiger partial charge in [-0.15, -0.1) is 0 Å². The number of carbonyl (C=O) groups is 5. The number of phenolic OH excluding ortho intramolecular Hbond substituents is 1. The highest BCUT2D eigenvalue weighted by molar-refractivity contribution is 6.25. The molecule has 0 aromatic heterocycles. The highest BCUT2D eigenvalue weighted by Gasteiger charge is 2.69. The van der Waals surface area contributed by atoms with Crippen molar-refractivity contribution in [2.45, 2.75) is 30.6 Å². The lowest BCUT2D eigenvalue weighted by Crippen LogP contribution is -2.75. The Morgan fingerprint density at radius 2 is 1.79 bits per heavy atom. The van der Waals surface area contributed by atoms with E-state index in [1.165, 1.54) is 11.0 Å². The summed E-state index contributed by atoms with van der Waals surface area (Å²) in [5.74, 6) is -11.6. The number of nitrogens with zero attached hydrogens (tertiary/aromatic N) is 1. The third-order valence-corrected chi connectivity index (χ3v) is 7.40. The summed E-state index contributed by atoms with van der Waals surface area (Å²) in [4.78, 5) is 65.2. The lowest BCUT2D eigenvalue weighted by atomic mass is 9.52. The summed E-state index contributed by atoms with van der Waals surface area (Å²) in [6.07, 6.45) is -1.74. The summed E-state index contributed by atoms with van der Waals surface area (Å²) in [5.41, 5.74) is 2.11. The topological polar surface area (TPSA) is 196 Å². The normalized spacial score (nSPS) is 35.6. The fraction of sp³-hybridized carbons (Fsp3) is 0.500. The maximum absolute atomic E-state index is 13.6. The molecule has 2 fully saturated rings. The molecule has 3 aliphatic carbocycles. The number of ketones is 3. The molecule has 4 rings (SSSR count). The SMILES string of the molecule is CN(C)C1C(O)C(C(N)=O)C(=O)[C@]2(O)C(=O)C3C(=O)c4c(O)ccc(C(=O)O)c4C[C@@H]3C[C@H]12. The molecule has 0 radical (unpaired) electrons. The van der Waals surface area contributed by atoms with Crippen LogP contribution in [0, 0.1) is 23.7 Å². The van der Waals surface area contributed by atoms with Crippen LogP contribution in [0.15, 0.2) is 12.1 Å². The van der Waals surface area contributed by atoms with Gasteiger partial charge in [-0.2, -0.15) is 0 Å². The van der Waals surface area contributed by atoms with Crippen molar-refractivity contribution in [3.63, 3.8) is 0 Å². The van der Waals surface area contributed by atoms with Gasteiger partial charge in [0, 0.05) is 12.0 Å². The van der Waals surface area contributed by atoms with E-state index in [4.69, 9.17) is 5.73 Å². The molecule has 1 aromatic rings. The van der Waals surface area contributed by atoms with Crippen molar-refractivity contribution >= 4 is 29.2 Å². The van der Waals surface area contributed by atoms with Crippen LogP contribution in [-0.2, 0) is 20.8 Å². The number of hydrogen-bond acceptors (Lipinski definition) is 9. The lowest BCUT2D eigenvalue weighted by Gasteiger charge is -2.54. The molecule has 0 spiro atoms. The van der Waals surface area contributed by atoms with Gasteiger partial charge in [-0.1, -0.05) is 0 Å². The summed E-state index contributed by atoms with van der Waals surface area (Å²) in [6, 6.07) is 1.19. The van der Waals surface area contributed by atoms with Crippen LogP contribution >= 0.6 is 0 Å². The van der Waals surface area contributed by atoms with Crippen LogP contribution in [0.25, 0.3) is 0 Å². The Morgan fingerprint density at radius 1 is 1.15 bits per heavy atom. The number of carbonyl (C=O) groups excluding carboxylic acids is 4. The number of carboxylic acid groups (broad SMARTS) is 1. The summed E-state index contributed by atoms with van der Waals surface area (Å²) in [7, 11) is 3.08. The van der Waals surface area contributed by atoms with Crippen LogP contribution in [0.1, 0.15) is 32.7 Å². The molecule has 2 saturated carbocycles. The Morgan fingerprint density at radius 3 is 2.33 bits per heavy atom. The van der Waals surface area contributed by atoms with Gasteiger partial charge in [0.2, 0.25) is 5.91 Å². The molecule has 3 aliphatic rings. The van der Waals surface area contributed by atoms with Gasteiger partial charge in [0.1, 0.15) is 11.7 Å². The quantitative estimate of drug-likeness (QED) is 0.326. The van der Waals surface area contributed by atoms with Crippen LogP contribution in [0.4, 0.5) is 0 Å². The summed E-state index contributed by atoms with van der Waals surface area (Å²) in [6.45, 7) is 0. The molecule has 11 heteroatoms. The summed E-state index contributed by atoms with van der Waals surface area (Å²) in [5, 5.41) is 42.0. The Kier molecular flexibility index (Phi) is 5.19. The van der Waals surface area contributed by atoms with E-state index < -0.39 is 76.4 Å². The molecule has 11 nitrogen and oxygen atoms in total. The molecule has 6 N–H and O–H groups in total. The molecule has 0 aliphatic heterocycles. The van der Waals surface area contributed by atoms with E-state index in [0.717, 1.165) is 6.07 Å².